The smallest absolute Gasteiger partial charge is 0.139 e. The number of benzene rings is 1. The Morgan fingerprint density at radius 3 is 2.78 bits per heavy atom. The second kappa shape index (κ2) is 3.98. The number of allylic oxidation sites excluding steroid dienone is 1. The minimum absolute atomic E-state index is 0.388. The van der Waals surface area contributed by atoms with Crippen molar-refractivity contribution in [3.8, 4) is 0 Å². The number of fused-ring (bicyclic) bond motifs is 5. The SMILES string of the molecule is C(=Cc1ccccc1)C1=NO[C@@H]2[C@H]3CC[C@H](C3)[C@H]12. The van der Waals surface area contributed by atoms with Crippen molar-refractivity contribution in [3.63, 3.8) is 0 Å². The molecule has 4 atom stereocenters. The van der Waals surface area contributed by atoms with Crippen molar-refractivity contribution in [2.24, 2.45) is 22.9 Å². The summed E-state index contributed by atoms with van der Waals surface area (Å²) in [4.78, 5) is 5.65. The van der Waals surface area contributed by atoms with Gasteiger partial charge in [0.15, 0.2) is 0 Å². The average Bonchev–Trinajstić information content (AvgIpc) is 3.11. The van der Waals surface area contributed by atoms with E-state index in [2.05, 4.69) is 41.6 Å². The molecule has 92 valence electrons. The van der Waals surface area contributed by atoms with Crippen molar-refractivity contribution in [2.75, 3.05) is 0 Å². The van der Waals surface area contributed by atoms with Crippen molar-refractivity contribution in [3.05, 3.63) is 42.0 Å². The van der Waals surface area contributed by atoms with Gasteiger partial charge in [-0.25, -0.2) is 0 Å². The zero-order valence-corrected chi connectivity index (χ0v) is 10.3. The molecule has 3 aliphatic rings. The van der Waals surface area contributed by atoms with Crippen LogP contribution in [0.2, 0.25) is 0 Å². The fourth-order valence-corrected chi connectivity index (χ4v) is 3.87. The fourth-order valence-electron chi connectivity index (χ4n) is 3.87. The van der Waals surface area contributed by atoms with Crippen LogP contribution in [-0.2, 0) is 4.84 Å². The van der Waals surface area contributed by atoms with Gasteiger partial charge in [0.25, 0.3) is 0 Å². The van der Waals surface area contributed by atoms with Crippen LogP contribution in [0.25, 0.3) is 6.08 Å². The van der Waals surface area contributed by atoms with E-state index in [9.17, 15) is 0 Å². The van der Waals surface area contributed by atoms with Crippen LogP contribution in [0.1, 0.15) is 24.8 Å². The highest BCUT2D eigenvalue weighted by Crippen LogP contribution is 2.52. The van der Waals surface area contributed by atoms with Crippen LogP contribution >= 0.6 is 0 Å². The molecule has 18 heavy (non-hydrogen) atoms. The topological polar surface area (TPSA) is 21.6 Å². The maximum Gasteiger partial charge on any atom is 0.139 e. The number of rotatable bonds is 2. The molecule has 0 aromatic heterocycles. The number of hydrogen-bond acceptors (Lipinski definition) is 2. The molecule has 0 radical (unpaired) electrons. The van der Waals surface area contributed by atoms with Crippen molar-refractivity contribution in [1.29, 1.82) is 0 Å². The van der Waals surface area contributed by atoms with E-state index in [1.165, 1.54) is 24.8 Å². The first-order valence-corrected chi connectivity index (χ1v) is 6.88. The fraction of sp³-hybridized carbons (Fsp3) is 0.438. The first-order chi connectivity index (χ1) is 8.92. The zero-order valence-electron chi connectivity index (χ0n) is 10.3. The van der Waals surface area contributed by atoms with Gasteiger partial charge in [0.1, 0.15) is 6.10 Å². The molecule has 4 rings (SSSR count). The van der Waals surface area contributed by atoms with E-state index in [4.69, 9.17) is 4.84 Å². The molecule has 2 bridgehead atoms. The van der Waals surface area contributed by atoms with Crippen molar-refractivity contribution < 1.29 is 4.84 Å². The molecule has 1 aromatic rings. The van der Waals surface area contributed by atoms with Gasteiger partial charge in [-0.1, -0.05) is 41.6 Å². The Morgan fingerprint density at radius 2 is 1.89 bits per heavy atom. The molecule has 0 unspecified atom stereocenters. The molecular formula is C16H17NO. The van der Waals surface area contributed by atoms with Crippen LogP contribution in [0.4, 0.5) is 0 Å². The largest absolute Gasteiger partial charge is 0.391 e. The van der Waals surface area contributed by atoms with Gasteiger partial charge in [-0.2, -0.15) is 0 Å². The number of hydrogen-bond donors (Lipinski definition) is 0. The molecule has 0 saturated heterocycles. The van der Waals surface area contributed by atoms with E-state index in [0.717, 1.165) is 17.5 Å². The van der Waals surface area contributed by atoms with E-state index in [1.807, 2.05) is 6.07 Å². The van der Waals surface area contributed by atoms with Crippen LogP contribution in [0, 0.1) is 17.8 Å². The summed E-state index contributed by atoms with van der Waals surface area (Å²) in [6.45, 7) is 0. The number of oxime groups is 1. The van der Waals surface area contributed by atoms with Gasteiger partial charge in [-0.3, -0.25) is 0 Å². The Morgan fingerprint density at radius 1 is 1.06 bits per heavy atom. The van der Waals surface area contributed by atoms with Gasteiger partial charge < -0.3 is 4.84 Å². The molecule has 1 aromatic carbocycles. The first-order valence-electron chi connectivity index (χ1n) is 6.88. The highest BCUT2D eigenvalue weighted by atomic mass is 16.6. The second-order valence-electron chi connectivity index (χ2n) is 5.69. The third-order valence-electron chi connectivity index (χ3n) is 4.71. The van der Waals surface area contributed by atoms with Crippen LogP contribution < -0.4 is 0 Å². The lowest BCUT2D eigenvalue weighted by molar-refractivity contribution is 0.0275. The Labute approximate surface area is 107 Å². The molecule has 2 nitrogen and oxygen atoms in total. The summed E-state index contributed by atoms with van der Waals surface area (Å²) in [6, 6.07) is 10.4. The van der Waals surface area contributed by atoms with Gasteiger partial charge in [0, 0.05) is 5.92 Å². The summed E-state index contributed by atoms with van der Waals surface area (Å²) in [5.41, 5.74) is 2.39. The second-order valence-corrected chi connectivity index (χ2v) is 5.69. The van der Waals surface area contributed by atoms with Gasteiger partial charge in [0.05, 0.1) is 5.71 Å². The Kier molecular flexibility index (Phi) is 2.29. The van der Waals surface area contributed by atoms with Crippen molar-refractivity contribution >= 4 is 11.8 Å². The highest BCUT2D eigenvalue weighted by molar-refractivity contribution is 6.01. The van der Waals surface area contributed by atoms with Gasteiger partial charge in [-0.15, -0.1) is 0 Å². The van der Waals surface area contributed by atoms with Crippen LogP contribution in [0.15, 0.2) is 41.6 Å². The van der Waals surface area contributed by atoms with Crippen LogP contribution in [0.5, 0.6) is 0 Å². The normalized spacial score (nSPS) is 36.8. The Hall–Kier alpha value is -1.57. The summed E-state index contributed by atoms with van der Waals surface area (Å²) in [5.74, 6) is 2.16. The average molecular weight is 239 g/mol. The maximum absolute atomic E-state index is 5.65. The van der Waals surface area contributed by atoms with Crippen molar-refractivity contribution in [1.82, 2.24) is 0 Å². The van der Waals surface area contributed by atoms with Gasteiger partial charge in [0.2, 0.25) is 0 Å². The minimum atomic E-state index is 0.388. The Bertz CT molecular complexity index is 505. The molecule has 2 fully saturated rings. The lowest BCUT2D eigenvalue weighted by Crippen LogP contribution is -2.28. The molecule has 0 N–H and O–H groups in total. The molecule has 1 heterocycles. The van der Waals surface area contributed by atoms with E-state index < -0.39 is 0 Å². The minimum Gasteiger partial charge on any atom is -0.391 e. The molecule has 0 spiro atoms. The van der Waals surface area contributed by atoms with Crippen LogP contribution in [0.3, 0.4) is 0 Å². The lowest BCUT2D eigenvalue weighted by atomic mass is 9.83. The molecule has 0 amide bonds. The molecule has 1 aliphatic heterocycles. The van der Waals surface area contributed by atoms with E-state index in [0.29, 0.717) is 12.0 Å². The standard InChI is InChI=1S/C16H17NO/c1-2-4-11(5-3-1)6-9-14-15-12-7-8-13(10-12)16(15)18-17-14/h1-6,9,12-13,15-16H,7-8,10H2/t12-,13+,15-,16-/m1/s1. The summed E-state index contributed by atoms with van der Waals surface area (Å²) in [6.07, 6.45) is 8.76. The summed E-state index contributed by atoms with van der Waals surface area (Å²) in [7, 11) is 0. The molecule has 2 saturated carbocycles. The van der Waals surface area contributed by atoms with E-state index in [-0.39, 0.29) is 0 Å². The predicted molar refractivity (Wildman–Crippen MR) is 72.1 cm³/mol. The lowest BCUT2D eigenvalue weighted by Gasteiger charge is -2.22. The third kappa shape index (κ3) is 1.52. The molecule has 2 heteroatoms. The Balaban J connectivity index is 1.55. The molecule has 2 aliphatic carbocycles. The van der Waals surface area contributed by atoms with E-state index >= 15 is 0 Å². The zero-order chi connectivity index (χ0) is 11.9. The van der Waals surface area contributed by atoms with E-state index in [1.54, 1.807) is 0 Å². The predicted octanol–water partition coefficient (Wildman–Crippen LogP) is 3.50. The van der Waals surface area contributed by atoms with Gasteiger partial charge >= 0.3 is 0 Å². The molecular weight excluding hydrogens is 222 g/mol. The monoisotopic (exact) mass is 239 g/mol. The summed E-state index contributed by atoms with van der Waals surface area (Å²) >= 11 is 0. The van der Waals surface area contributed by atoms with Gasteiger partial charge in [-0.05, 0) is 42.7 Å². The maximum atomic E-state index is 5.65. The quantitative estimate of drug-likeness (QED) is 0.774. The number of nitrogens with zero attached hydrogens (tertiary/aromatic N) is 1. The summed E-state index contributed by atoms with van der Waals surface area (Å²) < 4.78 is 0. The third-order valence-corrected chi connectivity index (χ3v) is 4.71. The van der Waals surface area contributed by atoms with Crippen molar-refractivity contribution in [2.45, 2.75) is 25.4 Å². The van der Waals surface area contributed by atoms with Crippen LogP contribution in [-0.4, -0.2) is 11.8 Å². The first kappa shape index (κ1) is 10.4. The highest BCUT2D eigenvalue weighted by Gasteiger charge is 2.53. The summed E-state index contributed by atoms with van der Waals surface area (Å²) in [5, 5.41) is 4.31.